The van der Waals surface area contributed by atoms with Crippen molar-refractivity contribution >= 4 is 17.2 Å². The van der Waals surface area contributed by atoms with Crippen LogP contribution >= 0.6 is 11.3 Å². The second kappa shape index (κ2) is 7.68. The van der Waals surface area contributed by atoms with E-state index in [1.807, 2.05) is 42.6 Å². The molecule has 1 saturated heterocycles. The Labute approximate surface area is 140 Å². The van der Waals surface area contributed by atoms with Gasteiger partial charge in [-0.2, -0.15) is 0 Å². The molecule has 2 unspecified atom stereocenters. The van der Waals surface area contributed by atoms with E-state index in [1.54, 1.807) is 11.3 Å². The number of benzene rings is 1. The van der Waals surface area contributed by atoms with Gasteiger partial charge in [0.2, 0.25) is 5.91 Å². The van der Waals surface area contributed by atoms with E-state index in [1.165, 1.54) is 0 Å². The maximum atomic E-state index is 12.1. The summed E-state index contributed by atoms with van der Waals surface area (Å²) in [4.78, 5) is 16.8. The first kappa shape index (κ1) is 16.1. The lowest BCUT2D eigenvalue weighted by Gasteiger charge is -2.23. The van der Waals surface area contributed by atoms with Crippen LogP contribution in [0.4, 0.5) is 0 Å². The second-order valence-corrected chi connectivity index (χ2v) is 6.55. The zero-order valence-electron chi connectivity index (χ0n) is 13.1. The molecule has 0 bridgehead atoms. The predicted molar refractivity (Wildman–Crippen MR) is 91.3 cm³/mol. The molecule has 3 rings (SSSR count). The fraction of sp³-hybridized carbons (Fsp3) is 0.412. The van der Waals surface area contributed by atoms with Crippen molar-refractivity contribution in [2.45, 2.75) is 25.4 Å². The molecular formula is C17H21N3O2S. The maximum Gasteiger partial charge on any atom is 0.222 e. The van der Waals surface area contributed by atoms with Crippen LogP contribution < -0.4 is 10.6 Å². The number of carbonyl (C=O) groups is 1. The second-order valence-electron chi connectivity index (χ2n) is 5.66. The monoisotopic (exact) mass is 331 g/mol. The van der Waals surface area contributed by atoms with Crippen molar-refractivity contribution in [2.75, 3.05) is 19.8 Å². The number of nitrogens with one attached hydrogen (secondary N) is 2. The molecule has 2 N–H and O–H groups in total. The lowest BCUT2D eigenvalue weighted by atomic mass is 10.2. The summed E-state index contributed by atoms with van der Waals surface area (Å²) >= 11 is 1.57. The average Bonchev–Trinajstić information content (AvgIpc) is 3.06. The first-order valence-corrected chi connectivity index (χ1v) is 8.71. The number of carbonyl (C=O) groups excluding carboxylic acids is 1. The number of nitrogens with zero attached hydrogens (tertiary/aromatic N) is 1. The van der Waals surface area contributed by atoms with Crippen molar-refractivity contribution in [3.05, 3.63) is 40.7 Å². The van der Waals surface area contributed by atoms with E-state index in [2.05, 4.69) is 15.6 Å². The summed E-state index contributed by atoms with van der Waals surface area (Å²) in [7, 11) is 0. The Kier molecular flexibility index (Phi) is 5.38. The highest BCUT2D eigenvalue weighted by molar-refractivity contribution is 7.10. The number of ether oxygens (including phenoxy) is 1. The summed E-state index contributed by atoms with van der Waals surface area (Å²) in [5.41, 5.74) is 2.05. The molecule has 1 amide bonds. The van der Waals surface area contributed by atoms with Crippen molar-refractivity contribution in [1.82, 2.24) is 15.6 Å². The molecule has 1 fully saturated rings. The Hall–Kier alpha value is -1.76. The molecule has 0 saturated carbocycles. The summed E-state index contributed by atoms with van der Waals surface area (Å²) in [6.07, 6.45) is 0.432. The summed E-state index contributed by atoms with van der Waals surface area (Å²) in [6.45, 7) is 4.09. The summed E-state index contributed by atoms with van der Waals surface area (Å²) in [5.74, 6) is 0.0250. The molecule has 6 heteroatoms. The van der Waals surface area contributed by atoms with E-state index >= 15 is 0 Å². The van der Waals surface area contributed by atoms with E-state index in [0.29, 0.717) is 13.0 Å². The molecule has 2 aromatic rings. The fourth-order valence-electron chi connectivity index (χ4n) is 2.56. The van der Waals surface area contributed by atoms with Gasteiger partial charge in [0.25, 0.3) is 0 Å². The minimum absolute atomic E-state index is 0.0250. The van der Waals surface area contributed by atoms with Crippen LogP contribution in [0.5, 0.6) is 0 Å². The Morgan fingerprint density at radius 1 is 1.48 bits per heavy atom. The zero-order chi connectivity index (χ0) is 16.1. The summed E-state index contributed by atoms with van der Waals surface area (Å²) < 4.78 is 5.37. The highest BCUT2D eigenvalue weighted by Crippen LogP contribution is 2.25. The van der Waals surface area contributed by atoms with Gasteiger partial charge in [0, 0.05) is 30.0 Å². The Balaban J connectivity index is 1.56. The van der Waals surface area contributed by atoms with Crippen LogP contribution in [0.3, 0.4) is 0 Å². The molecule has 2 heterocycles. The van der Waals surface area contributed by atoms with Gasteiger partial charge in [-0.3, -0.25) is 4.79 Å². The van der Waals surface area contributed by atoms with Crippen LogP contribution in [0.2, 0.25) is 0 Å². The van der Waals surface area contributed by atoms with Gasteiger partial charge in [-0.1, -0.05) is 30.3 Å². The first-order valence-electron chi connectivity index (χ1n) is 7.83. The van der Waals surface area contributed by atoms with Gasteiger partial charge in [0.15, 0.2) is 0 Å². The number of rotatable bonds is 5. The van der Waals surface area contributed by atoms with E-state index in [-0.39, 0.29) is 18.0 Å². The summed E-state index contributed by atoms with van der Waals surface area (Å²) in [5, 5.41) is 9.26. The minimum Gasteiger partial charge on any atom is -0.378 e. The number of hydrogen-bond acceptors (Lipinski definition) is 5. The SMILES string of the molecule is CC(NC(=O)CC1COCCN1)c1nc(-c2ccccc2)cs1. The van der Waals surface area contributed by atoms with E-state index < -0.39 is 0 Å². The van der Waals surface area contributed by atoms with Crippen molar-refractivity contribution in [3.63, 3.8) is 0 Å². The summed E-state index contributed by atoms with van der Waals surface area (Å²) in [6, 6.07) is 10.1. The maximum absolute atomic E-state index is 12.1. The minimum atomic E-state index is -0.0885. The molecule has 0 spiro atoms. The molecule has 0 radical (unpaired) electrons. The van der Waals surface area contributed by atoms with Gasteiger partial charge in [-0.15, -0.1) is 11.3 Å². The Morgan fingerprint density at radius 3 is 3.04 bits per heavy atom. The number of amides is 1. The van der Waals surface area contributed by atoms with Crippen LogP contribution in [-0.2, 0) is 9.53 Å². The molecule has 2 atom stereocenters. The predicted octanol–water partition coefficient (Wildman–Crippen LogP) is 2.37. The normalized spacial score (nSPS) is 19.3. The molecule has 1 aliphatic rings. The quantitative estimate of drug-likeness (QED) is 0.883. The topological polar surface area (TPSA) is 63.2 Å². The van der Waals surface area contributed by atoms with Crippen LogP contribution in [0.15, 0.2) is 35.7 Å². The van der Waals surface area contributed by atoms with Crippen molar-refractivity contribution in [3.8, 4) is 11.3 Å². The molecule has 23 heavy (non-hydrogen) atoms. The van der Waals surface area contributed by atoms with Crippen molar-refractivity contribution in [1.29, 1.82) is 0 Å². The molecule has 1 aliphatic heterocycles. The number of morpholine rings is 1. The van der Waals surface area contributed by atoms with Crippen LogP contribution in [0.25, 0.3) is 11.3 Å². The molecule has 5 nitrogen and oxygen atoms in total. The standard InChI is InChI=1S/C17H21N3O2S/c1-12(19-16(21)9-14-10-22-8-7-18-14)17-20-15(11-23-17)13-5-3-2-4-6-13/h2-6,11-12,14,18H,7-10H2,1H3,(H,19,21). The van der Waals surface area contributed by atoms with Crippen molar-refractivity contribution in [2.24, 2.45) is 0 Å². The smallest absolute Gasteiger partial charge is 0.222 e. The van der Waals surface area contributed by atoms with Gasteiger partial charge in [0.1, 0.15) is 5.01 Å². The lowest BCUT2D eigenvalue weighted by Crippen LogP contribution is -2.44. The van der Waals surface area contributed by atoms with Crippen LogP contribution in [0.1, 0.15) is 24.4 Å². The van der Waals surface area contributed by atoms with E-state index in [0.717, 1.165) is 29.4 Å². The third kappa shape index (κ3) is 4.37. The lowest BCUT2D eigenvalue weighted by molar-refractivity contribution is -0.122. The third-order valence-corrected chi connectivity index (χ3v) is 4.80. The third-order valence-electron chi connectivity index (χ3n) is 3.77. The molecular weight excluding hydrogens is 310 g/mol. The van der Waals surface area contributed by atoms with Crippen LogP contribution in [-0.4, -0.2) is 36.7 Å². The average molecular weight is 331 g/mol. The van der Waals surface area contributed by atoms with Gasteiger partial charge in [-0.05, 0) is 6.92 Å². The highest BCUT2D eigenvalue weighted by atomic mass is 32.1. The van der Waals surface area contributed by atoms with Crippen molar-refractivity contribution < 1.29 is 9.53 Å². The molecule has 1 aromatic heterocycles. The van der Waals surface area contributed by atoms with Gasteiger partial charge < -0.3 is 15.4 Å². The van der Waals surface area contributed by atoms with Crippen LogP contribution in [0, 0.1) is 0 Å². The molecule has 122 valence electrons. The number of thiazole rings is 1. The van der Waals surface area contributed by atoms with Gasteiger partial charge in [-0.25, -0.2) is 4.98 Å². The first-order chi connectivity index (χ1) is 11.2. The van der Waals surface area contributed by atoms with E-state index in [4.69, 9.17) is 4.74 Å². The Morgan fingerprint density at radius 2 is 2.30 bits per heavy atom. The molecule has 1 aromatic carbocycles. The van der Waals surface area contributed by atoms with Gasteiger partial charge in [0.05, 0.1) is 24.9 Å². The van der Waals surface area contributed by atoms with Gasteiger partial charge >= 0.3 is 0 Å². The number of hydrogen-bond donors (Lipinski definition) is 2. The Bertz CT molecular complexity index is 638. The number of aromatic nitrogens is 1. The largest absolute Gasteiger partial charge is 0.378 e. The van der Waals surface area contributed by atoms with E-state index in [9.17, 15) is 4.79 Å². The molecule has 0 aliphatic carbocycles. The fourth-order valence-corrected chi connectivity index (χ4v) is 3.40. The zero-order valence-corrected chi connectivity index (χ0v) is 13.9. The highest BCUT2D eigenvalue weighted by Gasteiger charge is 2.19.